The first-order chi connectivity index (χ1) is 12.2. The average molecular weight is 342 g/mol. The lowest BCUT2D eigenvalue weighted by atomic mass is 10.0. The summed E-state index contributed by atoms with van der Waals surface area (Å²) in [5.74, 6) is 1.30. The van der Waals surface area contributed by atoms with Gasteiger partial charge >= 0.3 is 6.03 Å². The Morgan fingerprint density at radius 2 is 2.16 bits per heavy atom. The van der Waals surface area contributed by atoms with E-state index in [4.69, 9.17) is 0 Å². The van der Waals surface area contributed by atoms with E-state index in [9.17, 15) is 9.90 Å². The third-order valence-electron chi connectivity index (χ3n) is 4.95. The standard InChI is InChI=1S/C19H26N4O2/c1-15-8-11-23(17(15)14-24)19(25)21-9-7-18-20-10-12-22(18)13-16-5-3-2-4-6-16/h2-6,10,12,15,17,24H,7-9,11,13-14H2,1H3,(H,21,25)/t15-,17+/m0/s1. The molecule has 1 saturated heterocycles. The maximum absolute atomic E-state index is 12.3. The monoisotopic (exact) mass is 342 g/mol. The van der Waals surface area contributed by atoms with Crippen LogP contribution < -0.4 is 5.32 Å². The van der Waals surface area contributed by atoms with Gasteiger partial charge in [0.2, 0.25) is 0 Å². The van der Waals surface area contributed by atoms with E-state index in [0.29, 0.717) is 25.4 Å². The average Bonchev–Trinajstić information content (AvgIpc) is 3.22. The Hall–Kier alpha value is -2.34. The van der Waals surface area contributed by atoms with E-state index in [1.807, 2.05) is 24.4 Å². The number of likely N-dealkylation sites (tertiary alicyclic amines) is 1. The lowest BCUT2D eigenvalue weighted by molar-refractivity contribution is 0.144. The molecule has 1 aliphatic heterocycles. The molecule has 2 heterocycles. The molecule has 2 amide bonds. The van der Waals surface area contributed by atoms with E-state index in [1.54, 1.807) is 11.1 Å². The number of nitrogens with zero attached hydrogens (tertiary/aromatic N) is 3. The predicted molar refractivity (Wildman–Crippen MR) is 96.2 cm³/mol. The second-order valence-electron chi connectivity index (χ2n) is 6.65. The van der Waals surface area contributed by atoms with Gasteiger partial charge in [-0.25, -0.2) is 9.78 Å². The third-order valence-corrected chi connectivity index (χ3v) is 4.95. The summed E-state index contributed by atoms with van der Waals surface area (Å²) in [5.41, 5.74) is 1.22. The van der Waals surface area contributed by atoms with Gasteiger partial charge < -0.3 is 19.9 Å². The highest BCUT2D eigenvalue weighted by Crippen LogP contribution is 2.23. The lowest BCUT2D eigenvalue weighted by Crippen LogP contribution is -2.46. The van der Waals surface area contributed by atoms with Crippen molar-refractivity contribution in [1.29, 1.82) is 0 Å². The zero-order chi connectivity index (χ0) is 17.6. The van der Waals surface area contributed by atoms with Gasteiger partial charge in [-0.1, -0.05) is 37.3 Å². The van der Waals surface area contributed by atoms with Crippen molar-refractivity contribution in [3.05, 3.63) is 54.1 Å². The number of amides is 2. The second kappa shape index (κ2) is 8.16. The van der Waals surface area contributed by atoms with Gasteiger partial charge in [-0.05, 0) is 17.9 Å². The first kappa shape index (κ1) is 17.5. The predicted octanol–water partition coefficient (Wildman–Crippen LogP) is 1.89. The summed E-state index contributed by atoms with van der Waals surface area (Å²) in [7, 11) is 0. The number of imidazole rings is 1. The fourth-order valence-electron chi connectivity index (χ4n) is 3.41. The van der Waals surface area contributed by atoms with Crippen molar-refractivity contribution in [3.8, 4) is 0 Å². The maximum Gasteiger partial charge on any atom is 0.317 e. The van der Waals surface area contributed by atoms with Gasteiger partial charge in [0.15, 0.2) is 0 Å². The van der Waals surface area contributed by atoms with Crippen molar-refractivity contribution in [1.82, 2.24) is 19.8 Å². The number of hydrogen-bond acceptors (Lipinski definition) is 3. The molecule has 0 aliphatic carbocycles. The van der Waals surface area contributed by atoms with Gasteiger partial charge in [0, 0.05) is 38.4 Å². The summed E-state index contributed by atoms with van der Waals surface area (Å²) in [4.78, 5) is 18.5. The highest BCUT2D eigenvalue weighted by atomic mass is 16.3. The number of rotatable bonds is 6. The van der Waals surface area contributed by atoms with Crippen molar-refractivity contribution in [2.24, 2.45) is 5.92 Å². The fraction of sp³-hybridized carbons (Fsp3) is 0.474. The first-order valence-electron chi connectivity index (χ1n) is 8.88. The summed E-state index contributed by atoms with van der Waals surface area (Å²) in [6.45, 7) is 4.12. The molecule has 1 aromatic carbocycles. The van der Waals surface area contributed by atoms with Crippen LogP contribution in [0.5, 0.6) is 0 Å². The van der Waals surface area contributed by atoms with Crippen molar-refractivity contribution < 1.29 is 9.90 Å². The van der Waals surface area contributed by atoms with Crippen LogP contribution in [0.1, 0.15) is 24.7 Å². The summed E-state index contributed by atoms with van der Waals surface area (Å²) < 4.78 is 2.11. The summed E-state index contributed by atoms with van der Waals surface area (Å²) in [5, 5.41) is 12.4. The smallest absolute Gasteiger partial charge is 0.317 e. The van der Waals surface area contributed by atoms with Crippen LogP contribution in [0.15, 0.2) is 42.7 Å². The van der Waals surface area contributed by atoms with E-state index in [2.05, 4.69) is 33.9 Å². The number of urea groups is 1. The quantitative estimate of drug-likeness (QED) is 0.842. The number of benzene rings is 1. The van der Waals surface area contributed by atoms with E-state index in [0.717, 1.165) is 18.8 Å². The minimum absolute atomic E-state index is 0.0239. The van der Waals surface area contributed by atoms with Crippen LogP contribution in [0.25, 0.3) is 0 Å². The Balaban J connectivity index is 1.51. The van der Waals surface area contributed by atoms with Crippen LogP contribution in [-0.4, -0.2) is 51.3 Å². The van der Waals surface area contributed by atoms with Crippen LogP contribution in [-0.2, 0) is 13.0 Å². The van der Waals surface area contributed by atoms with Gasteiger partial charge in [0.1, 0.15) is 5.82 Å². The Bertz CT molecular complexity index is 686. The van der Waals surface area contributed by atoms with Crippen LogP contribution in [0, 0.1) is 5.92 Å². The minimum Gasteiger partial charge on any atom is -0.394 e. The molecule has 2 aromatic rings. The van der Waals surface area contributed by atoms with Crippen molar-refractivity contribution in [2.45, 2.75) is 32.4 Å². The molecule has 134 valence electrons. The Morgan fingerprint density at radius 1 is 1.36 bits per heavy atom. The normalized spacial score (nSPS) is 20.0. The van der Waals surface area contributed by atoms with E-state index in [-0.39, 0.29) is 18.7 Å². The number of aliphatic hydroxyl groups is 1. The number of carbonyl (C=O) groups excluding carboxylic acids is 1. The minimum atomic E-state index is -0.0930. The number of nitrogens with one attached hydrogen (secondary N) is 1. The molecule has 1 aliphatic rings. The molecule has 1 fully saturated rings. The zero-order valence-electron chi connectivity index (χ0n) is 14.6. The molecule has 0 spiro atoms. The van der Waals surface area contributed by atoms with Crippen molar-refractivity contribution in [2.75, 3.05) is 19.7 Å². The van der Waals surface area contributed by atoms with Crippen molar-refractivity contribution >= 4 is 6.03 Å². The highest BCUT2D eigenvalue weighted by Gasteiger charge is 2.33. The third kappa shape index (κ3) is 4.20. The number of aromatic nitrogens is 2. The fourth-order valence-corrected chi connectivity index (χ4v) is 3.41. The Morgan fingerprint density at radius 3 is 2.92 bits per heavy atom. The van der Waals surface area contributed by atoms with Crippen LogP contribution >= 0.6 is 0 Å². The molecule has 25 heavy (non-hydrogen) atoms. The molecule has 0 unspecified atom stereocenters. The van der Waals surface area contributed by atoms with Gasteiger partial charge in [-0.3, -0.25) is 0 Å². The zero-order valence-corrected chi connectivity index (χ0v) is 14.6. The maximum atomic E-state index is 12.3. The van der Waals surface area contributed by atoms with Crippen LogP contribution in [0.2, 0.25) is 0 Å². The van der Waals surface area contributed by atoms with Crippen molar-refractivity contribution in [3.63, 3.8) is 0 Å². The first-order valence-corrected chi connectivity index (χ1v) is 8.88. The van der Waals surface area contributed by atoms with E-state index < -0.39 is 0 Å². The SMILES string of the molecule is C[C@H]1CCN(C(=O)NCCc2nccn2Cc2ccccc2)[C@@H]1CO. The molecule has 2 N–H and O–H groups in total. The summed E-state index contributed by atoms with van der Waals surface area (Å²) in [6.07, 6.45) is 5.39. The molecular weight excluding hydrogens is 316 g/mol. The number of aliphatic hydroxyl groups excluding tert-OH is 1. The topological polar surface area (TPSA) is 70.4 Å². The molecule has 2 atom stereocenters. The van der Waals surface area contributed by atoms with Crippen LogP contribution in [0.4, 0.5) is 4.79 Å². The largest absolute Gasteiger partial charge is 0.394 e. The molecular formula is C19H26N4O2. The molecule has 0 radical (unpaired) electrons. The second-order valence-corrected chi connectivity index (χ2v) is 6.65. The number of carbonyl (C=O) groups is 1. The molecule has 6 nitrogen and oxygen atoms in total. The van der Waals surface area contributed by atoms with E-state index in [1.165, 1.54) is 5.56 Å². The Kier molecular flexibility index (Phi) is 5.71. The molecule has 0 bridgehead atoms. The molecule has 6 heteroatoms. The van der Waals surface area contributed by atoms with E-state index >= 15 is 0 Å². The summed E-state index contributed by atoms with van der Waals surface area (Å²) in [6, 6.07) is 10.1. The number of hydrogen-bond donors (Lipinski definition) is 2. The summed E-state index contributed by atoms with van der Waals surface area (Å²) >= 11 is 0. The lowest BCUT2D eigenvalue weighted by Gasteiger charge is -2.25. The van der Waals surface area contributed by atoms with Gasteiger partial charge in [0.25, 0.3) is 0 Å². The van der Waals surface area contributed by atoms with Gasteiger partial charge in [-0.15, -0.1) is 0 Å². The molecule has 3 rings (SSSR count). The van der Waals surface area contributed by atoms with Gasteiger partial charge in [-0.2, -0.15) is 0 Å². The molecule has 1 aromatic heterocycles. The van der Waals surface area contributed by atoms with Crippen LogP contribution in [0.3, 0.4) is 0 Å². The molecule has 0 saturated carbocycles. The van der Waals surface area contributed by atoms with Gasteiger partial charge in [0.05, 0.1) is 12.6 Å². The Labute approximate surface area is 148 Å². The highest BCUT2D eigenvalue weighted by molar-refractivity contribution is 5.74.